The highest BCUT2D eigenvalue weighted by Crippen LogP contribution is 2.27. The maximum absolute atomic E-state index is 12.0. The molecule has 1 rings (SSSR count). The molecule has 0 heterocycles. The van der Waals surface area contributed by atoms with Crippen LogP contribution in [0.15, 0.2) is 22.7 Å². The average Bonchev–Trinajstić information content (AvgIpc) is 2.09. The lowest BCUT2D eigenvalue weighted by molar-refractivity contribution is 0.424. The van der Waals surface area contributed by atoms with Gasteiger partial charge in [-0.1, -0.05) is 15.9 Å². The predicted octanol–water partition coefficient (Wildman–Crippen LogP) is 2.51. The summed E-state index contributed by atoms with van der Waals surface area (Å²) in [5.41, 5.74) is 6.23. The highest BCUT2D eigenvalue weighted by Gasteiger charge is 2.10. The molecule has 0 spiro atoms. The Hall–Kier alpha value is -0.610. The van der Waals surface area contributed by atoms with Gasteiger partial charge in [-0.25, -0.2) is 0 Å². The third kappa shape index (κ3) is 2.67. The monoisotopic (exact) mass is 247 g/mol. The molecule has 0 aliphatic heterocycles. The van der Waals surface area contributed by atoms with Crippen molar-refractivity contribution in [3.63, 3.8) is 0 Å². The molecule has 0 saturated carbocycles. The van der Waals surface area contributed by atoms with Crippen molar-refractivity contribution in [2.45, 2.75) is 12.5 Å². The Kier molecular flexibility index (Phi) is 3.69. The summed E-state index contributed by atoms with van der Waals surface area (Å²) in [6.07, 6.45) is 0.226. The first-order chi connectivity index (χ1) is 6.15. The average molecular weight is 248 g/mol. The van der Waals surface area contributed by atoms with Gasteiger partial charge in [0, 0.05) is 16.1 Å². The van der Waals surface area contributed by atoms with Gasteiger partial charge in [0.1, 0.15) is 5.75 Å². The summed E-state index contributed by atoms with van der Waals surface area (Å²) in [5.74, 6) is 0.115. The van der Waals surface area contributed by atoms with E-state index in [9.17, 15) is 9.50 Å². The van der Waals surface area contributed by atoms with Crippen LogP contribution in [0.5, 0.6) is 5.75 Å². The number of rotatable bonds is 3. The largest absolute Gasteiger partial charge is 0.508 e. The number of hydrogen-bond donors (Lipinski definition) is 2. The van der Waals surface area contributed by atoms with Crippen molar-refractivity contribution in [2.24, 2.45) is 5.73 Å². The van der Waals surface area contributed by atoms with Crippen LogP contribution in [0.2, 0.25) is 0 Å². The molecule has 0 aromatic heterocycles. The van der Waals surface area contributed by atoms with E-state index in [1.165, 1.54) is 6.07 Å². The van der Waals surface area contributed by atoms with Gasteiger partial charge in [0.25, 0.3) is 0 Å². The zero-order chi connectivity index (χ0) is 9.84. The fraction of sp³-hybridized carbons (Fsp3) is 0.333. The molecule has 1 atom stereocenters. The zero-order valence-electron chi connectivity index (χ0n) is 7.00. The van der Waals surface area contributed by atoms with Gasteiger partial charge in [-0.3, -0.25) is 4.39 Å². The van der Waals surface area contributed by atoms with E-state index in [-0.39, 0.29) is 12.2 Å². The topological polar surface area (TPSA) is 46.2 Å². The van der Waals surface area contributed by atoms with E-state index in [0.717, 1.165) is 4.47 Å². The molecule has 0 amide bonds. The van der Waals surface area contributed by atoms with E-state index < -0.39 is 12.7 Å². The Morgan fingerprint density at radius 3 is 2.85 bits per heavy atom. The smallest absolute Gasteiger partial charge is 0.120 e. The van der Waals surface area contributed by atoms with Gasteiger partial charge in [-0.15, -0.1) is 0 Å². The Labute approximate surface area is 84.7 Å². The van der Waals surface area contributed by atoms with Gasteiger partial charge in [-0.2, -0.15) is 0 Å². The van der Waals surface area contributed by atoms with Crippen LogP contribution in [0.4, 0.5) is 4.39 Å². The summed E-state index contributed by atoms with van der Waals surface area (Å²) in [5, 5.41) is 9.41. The molecule has 0 aliphatic carbocycles. The maximum Gasteiger partial charge on any atom is 0.120 e. The second kappa shape index (κ2) is 4.58. The quantitative estimate of drug-likeness (QED) is 0.863. The van der Waals surface area contributed by atoms with Crippen molar-refractivity contribution < 1.29 is 9.50 Å². The van der Waals surface area contributed by atoms with Crippen LogP contribution in [0.1, 0.15) is 18.0 Å². The summed E-state index contributed by atoms with van der Waals surface area (Å²) in [7, 11) is 0. The molecule has 4 heteroatoms. The van der Waals surface area contributed by atoms with E-state index in [0.29, 0.717) is 5.56 Å². The maximum atomic E-state index is 12.0. The molecule has 0 radical (unpaired) electrons. The van der Waals surface area contributed by atoms with Crippen LogP contribution in [0.25, 0.3) is 0 Å². The number of halogens is 2. The van der Waals surface area contributed by atoms with Crippen LogP contribution in [0, 0.1) is 0 Å². The minimum Gasteiger partial charge on any atom is -0.508 e. The predicted molar refractivity (Wildman–Crippen MR) is 53.3 cm³/mol. The lowest BCUT2D eigenvalue weighted by Gasteiger charge is -2.11. The second-order valence-corrected chi connectivity index (χ2v) is 3.70. The van der Waals surface area contributed by atoms with Crippen molar-refractivity contribution in [1.82, 2.24) is 0 Å². The van der Waals surface area contributed by atoms with Crippen LogP contribution in [-0.4, -0.2) is 11.8 Å². The first-order valence-corrected chi connectivity index (χ1v) is 4.74. The molecule has 0 unspecified atom stereocenters. The Morgan fingerprint density at radius 2 is 2.23 bits per heavy atom. The minimum absolute atomic E-state index is 0.115. The Bertz CT molecular complexity index is 293. The van der Waals surface area contributed by atoms with Crippen molar-refractivity contribution in [1.29, 1.82) is 0 Å². The fourth-order valence-corrected chi connectivity index (χ4v) is 1.47. The standard InChI is InChI=1S/C9H11BrFNO/c10-6-1-2-9(13)7(5-6)8(12)3-4-11/h1-2,5,8,13H,3-4,12H2/t8-/m1/s1. The molecule has 3 N–H and O–H groups in total. The number of phenolic OH excluding ortho intramolecular Hbond substituents is 1. The summed E-state index contributed by atoms with van der Waals surface area (Å²) >= 11 is 3.26. The summed E-state index contributed by atoms with van der Waals surface area (Å²) in [4.78, 5) is 0. The van der Waals surface area contributed by atoms with Gasteiger partial charge in [0.15, 0.2) is 0 Å². The molecule has 2 nitrogen and oxygen atoms in total. The first-order valence-electron chi connectivity index (χ1n) is 3.95. The van der Waals surface area contributed by atoms with Gasteiger partial charge >= 0.3 is 0 Å². The Morgan fingerprint density at radius 1 is 1.54 bits per heavy atom. The third-order valence-corrected chi connectivity index (χ3v) is 2.30. The number of benzene rings is 1. The van der Waals surface area contributed by atoms with E-state index in [1.807, 2.05) is 0 Å². The Balaban J connectivity index is 2.91. The number of hydrogen-bond acceptors (Lipinski definition) is 2. The zero-order valence-corrected chi connectivity index (χ0v) is 8.59. The third-order valence-electron chi connectivity index (χ3n) is 1.81. The SMILES string of the molecule is N[C@H](CCF)c1cc(Br)ccc1O. The highest BCUT2D eigenvalue weighted by atomic mass is 79.9. The minimum atomic E-state index is -0.479. The van der Waals surface area contributed by atoms with Crippen molar-refractivity contribution in [2.75, 3.05) is 6.67 Å². The number of nitrogens with two attached hydrogens (primary N) is 1. The molecule has 0 aliphatic rings. The summed E-state index contributed by atoms with van der Waals surface area (Å²) < 4.78 is 12.8. The molecule has 0 bridgehead atoms. The lowest BCUT2D eigenvalue weighted by Crippen LogP contribution is -2.11. The lowest BCUT2D eigenvalue weighted by atomic mass is 10.0. The van der Waals surface area contributed by atoms with Crippen LogP contribution >= 0.6 is 15.9 Å². The molecule has 0 saturated heterocycles. The number of alkyl halides is 1. The molecule has 72 valence electrons. The van der Waals surface area contributed by atoms with Crippen LogP contribution in [-0.2, 0) is 0 Å². The molecule has 1 aromatic carbocycles. The molecular weight excluding hydrogens is 237 g/mol. The van der Waals surface area contributed by atoms with Crippen molar-refractivity contribution in [3.05, 3.63) is 28.2 Å². The summed E-state index contributed by atoms with van der Waals surface area (Å²) in [6, 6.07) is 4.51. The second-order valence-electron chi connectivity index (χ2n) is 2.79. The fourth-order valence-electron chi connectivity index (χ4n) is 1.10. The summed E-state index contributed by atoms with van der Waals surface area (Å²) in [6.45, 7) is -0.479. The normalized spacial score (nSPS) is 12.8. The van der Waals surface area contributed by atoms with E-state index >= 15 is 0 Å². The molecular formula is C9H11BrFNO. The number of aromatic hydroxyl groups is 1. The molecule has 1 aromatic rings. The first kappa shape index (κ1) is 10.5. The van der Waals surface area contributed by atoms with Crippen molar-refractivity contribution >= 4 is 15.9 Å². The van der Waals surface area contributed by atoms with Gasteiger partial charge in [-0.05, 0) is 24.6 Å². The van der Waals surface area contributed by atoms with E-state index in [1.54, 1.807) is 12.1 Å². The van der Waals surface area contributed by atoms with E-state index in [4.69, 9.17) is 5.73 Å². The number of phenols is 1. The molecule has 13 heavy (non-hydrogen) atoms. The van der Waals surface area contributed by atoms with Gasteiger partial charge < -0.3 is 10.8 Å². The van der Waals surface area contributed by atoms with Gasteiger partial charge in [0.05, 0.1) is 6.67 Å². The van der Waals surface area contributed by atoms with Crippen LogP contribution in [0.3, 0.4) is 0 Å². The van der Waals surface area contributed by atoms with Gasteiger partial charge in [0.2, 0.25) is 0 Å². The highest BCUT2D eigenvalue weighted by molar-refractivity contribution is 9.10. The van der Waals surface area contributed by atoms with Crippen LogP contribution < -0.4 is 5.73 Å². The molecule has 0 fully saturated rings. The van der Waals surface area contributed by atoms with E-state index in [2.05, 4.69) is 15.9 Å². The van der Waals surface area contributed by atoms with Crippen molar-refractivity contribution in [3.8, 4) is 5.75 Å².